The Morgan fingerprint density at radius 3 is 2.94 bits per heavy atom. The molecule has 1 aromatic carbocycles. The van der Waals surface area contributed by atoms with E-state index in [4.69, 9.17) is 9.68 Å². The van der Waals surface area contributed by atoms with Crippen molar-refractivity contribution in [3.8, 4) is 6.07 Å². The van der Waals surface area contributed by atoms with Crippen LogP contribution in [0.25, 0.3) is 11.1 Å². The predicted molar refractivity (Wildman–Crippen MR) is 60.1 cm³/mol. The van der Waals surface area contributed by atoms with Crippen LogP contribution in [0.15, 0.2) is 27.4 Å². The number of hydrogen-bond acceptors (Lipinski definition) is 4. The Balaban J connectivity index is 2.40. The van der Waals surface area contributed by atoms with E-state index in [1.807, 2.05) is 0 Å². The van der Waals surface area contributed by atoms with Crippen molar-refractivity contribution in [3.05, 3.63) is 28.7 Å². The second-order valence-corrected chi connectivity index (χ2v) is 4.09. The Labute approximate surface area is 91.7 Å². The van der Waals surface area contributed by atoms with Crippen LogP contribution < -0.4 is 11.1 Å². The number of benzene rings is 1. The van der Waals surface area contributed by atoms with Crippen LogP contribution in [0.3, 0.4) is 0 Å². The zero-order valence-electron chi connectivity index (χ0n) is 9.00. The van der Waals surface area contributed by atoms with E-state index in [0.29, 0.717) is 11.1 Å². The normalized spacial score (nSPS) is 11.3. The van der Waals surface area contributed by atoms with Gasteiger partial charge in [0.05, 0.1) is 11.6 Å². The highest BCUT2D eigenvalue weighted by Gasteiger charge is 2.15. The highest BCUT2D eigenvalue weighted by atomic mass is 16.4. The maximum absolute atomic E-state index is 10.9. The zero-order valence-corrected chi connectivity index (χ0v) is 9.00. The first-order valence-electron chi connectivity index (χ1n) is 4.82. The average molecular weight is 217 g/mol. The Bertz CT molecular complexity index is 616. The summed E-state index contributed by atoms with van der Waals surface area (Å²) in [5, 5.41) is 11.9. The quantitative estimate of drug-likeness (QED) is 0.804. The van der Waals surface area contributed by atoms with Gasteiger partial charge in [-0.05, 0) is 32.0 Å². The Morgan fingerprint density at radius 1 is 1.50 bits per heavy atom. The number of anilines is 1. The van der Waals surface area contributed by atoms with Gasteiger partial charge in [-0.3, -0.25) is 4.98 Å². The van der Waals surface area contributed by atoms with E-state index in [1.54, 1.807) is 32.0 Å². The first-order valence-corrected chi connectivity index (χ1v) is 4.82. The fraction of sp³-hybridized carbons (Fsp3) is 0.273. The Hall–Kier alpha value is -2.22. The fourth-order valence-corrected chi connectivity index (χ4v) is 1.42. The lowest BCUT2D eigenvalue weighted by atomic mass is 10.1. The molecule has 2 N–H and O–H groups in total. The van der Waals surface area contributed by atoms with Crippen LogP contribution in [-0.4, -0.2) is 10.5 Å². The average Bonchev–Trinajstić information content (AvgIpc) is 2.57. The largest absolute Gasteiger partial charge is 0.417 e. The van der Waals surface area contributed by atoms with Gasteiger partial charge in [-0.1, -0.05) is 0 Å². The second-order valence-electron chi connectivity index (χ2n) is 4.09. The summed E-state index contributed by atoms with van der Waals surface area (Å²) in [4.78, 5) is 13.5. The topological polar surface area (TPSA) is 81.8 Å². The number of rotatable bonds is 2. The third-order valence-electron chi connectivity index (χ3n) is 2.16. The third-order valence-corrected chi connectivity index (χ3v) is 2.16. The summed E-state index contributed by atoms with van der Waals surface area (Å²) in [6, 6.07) is 7.32. The Kier molecular flexibility index (Phi) is 2.20. The van der Waals surface area contributed by atoms with Crippen molar-refractivity contribution < 1.29 is 4.42 Å². The van der Waals surface area contributed by atoms with Crippen molar-refractivity contribution in [2.45, 2.75) is 19.4 Å². The second kappa shape index (κ2) is 3.42. The van der Waals surface area contributed by atoms with E-state index in [1.165, 1.54) is 0 Å². The molecule has 0 radical (unpaired) electrons. The van der Waals surface area contributed by atoms with Crippen molar-refractivity contribution in [2.75, 3.05) is 5.32 Å². The lowest BCUT2D eigenvalue weighted by Gasteiger charge is -2.18. The molecule has 0 aliphatic rings. The molecule has 0 aliphatic heterocycles. The summed E-state index contributed by atoms with van der Waals surface area (Å²) in [6.07, 6.45) is 0. The molecular weight excluding hydrogens is 206 g/mol. The fourth-order valence-electron chi connectivity index (χ4n) is 1.42. The van der Waals surface area contributed by atoms with Crippen LogP contribution >= 0.6 is 0 Å². The summed E-state index contributed by atoms with van der Waals surface area (Å²) in [5.41, 5.74) is 1.22. The van der Waals surface area contributed by atoms with Gasteiger partial charge >= 0.3 is 5.76 Å². The number of oxazole rings is 1. The van der Waals surface area contributed by atoms with Gasteiger partial charge < -0.3 is 9.73 Å². The van der Waals surface area contributed by atoms with E-state index >= 15 is 0 Å². The zero-order chi connectivity index (χ0) is 11.8. The van der Waals surface area contributed by atoms with Crippen LogP contribution in [0, 0.1) is 11.3 Å². The van der Waals surface area contributed by atoms with E-state index in [-0.39, 0.29) is 0 Å². The third kappa shape index (κ3) is 1.91. The van der Waals surface area contributed by atoms with Crippen molar-refractivity contribution in [1.82, 2.24) is 4.98 Å². The first kappa shape index (κ1) is 10.3. The number of nitrogens with one attached hydrogen (secondary N) is 2. The highest BCUT2D eigenvalue weighted by Crippen LogP contribution is 2.19. The SMILES string of the molecule is CC(C)(C#N)Nc1ccc2oc(=O)[nH]c2c1. The summed E-state index contributed by atoms with van der Waals surface area (Å²) >= 11 is 0. The van der Waals surface area contributed by atoms with Crippen LogP contribution in [0.4, 0.5) is 5.69 Å². The standard InChI is InChI=1S/C11H11N3O2/c1-11(2,6-12)14-7-3-4-9-8(5-7)13-10(15)16-9/h3-5,14H,1-2H3,(H,13,15). The van der Waals surface area contributed by atoms with E-state index in [0.717, 1.165) is 5.69 Å². The molecule has 0 fully saturated rings. The first-order chi connectivity index (χ1) is 7.50. The predicted octanol–water partition coefficient (Wildman–Crippen LogP) is 1.84. The van der Waals surface area contributed by atoms with Gasteiger partial charge in [0.1, 0.15) is 5.54 Å². The lowest BCUT2D eigenvalue weighted by molar-refractivity contribution is 0.555. The van der Waals surface area contributed by atoms with Gasteiger partial charge in [-0.15, -0.1) is 0 Å². The van der Waals surface area contributed by atoms with Crippen molar-refractivity contribution >= 4 is 16.8 Å². The van der Waals surface area contributed by atoms with E-state index in [2.05, 4.69) is 16.4 Å². The molecule has 1 aromatic heterocycles. The monoisotopic (exact) mass is 217 g/mol. The highest BCUT2D eigenvalue weighted by molar-refractivity contribution is 5.77. The molecule has 0 bridgehead atoms. The lowest BCUT2D eigenvalue weighted by Crippen LogP contribution is -2.28. The molecule has 2 aromatic rings. The molecule has 0 aliphatic carbocycles. The number of nitriles is 1. The van der Waals surface area contributed by atoms with Gasteiger partial charge in [-0.25, -0.2) is 4.79 Å². The number of nitrogens with zero attached hydrogens (tertiary/aromatic N) is 1. The smallest absolute Gasteiger partial charge is 0.408 e. The van der Waals surface area contributed by atoms with Crippen molar-refractivity contribution in [1.29, 1.82) is 5.26 Å². The molecular formula is C11H11N3O2. The van der Waals surface area contributed by atoms with Gasteiger partial charge in [-0.2, -0.15) is 5.26 Å². The molecule has 1 heterocycles. The molecule has 0 amide bonds. The minimum absolute atomic E-state index is 0.480. The molecule has 16 heavy (non-hydrogen) atoms. The van der Waals surface area contributed by atoms with Gasteiger partial charge in [0.2, 0.25) is 0 Å². The molecule has 82 valence electrons. The minimum atomic E-state index is -0.655. The molecule has 0 saturated carbocycles. The van der Waals surface area contributed by atoms with Crippen LogP contribution in [-0.2, 0) is 0 Å². The molecule has 0 saturated heterocycles. The number of hydrogen-bond donors (Lipinski definition) is 2. The summed E-state index contributed by atoms with van der Waals surface area (Å²) in [7, 11) is 0. The van der Waals surface area contributed by atoms with Crippen molar-refractivity contribution in [3.63, 3.8) is 0 Å². The van der Waals surface area contributed by atoms with Gasteiger partial charge in [0.15, 0.2) is 5.58 Å². The van der Waals surface area contributed by atoms with E-state index < -0.39 is 11.3 Å². The maximum atomic E-state index is 10.9. The molecule has 0 spiro atoms. The number of H-pyrrole nitrogens is 1. The maximum Gasteiger partial charge on any atom is 0.417 e. The number of aromatic amines is 1. The van der Waals surface area contributed by atoms with Crippen molar-refractivity contribution in [2.24, 2.45) is 0 Å². The minimum Gasteiger partial charge on any atom is -0.408 e. The molecule has 0 atom stereocenters. The molecule has 2 rings (SSSR count). The van der Waals surface area contributed by atoms with Gasteiger partial charge in [0.25, 0.3) is 0 Å². The molecule has 5 nitrogen and oxygen atoms in total. The molecule has 0 unspecified atom stereocenters. The number of fused-ring (bicyclic) bond motifs is 1. The van der Waals surface area contributed by atoms with Crippen LogP contribution in [0.5, 0.6) is 0 Å². The summed E-state index contributed by atoms with van der Waals surface area (Å²) in [6.45, 7) is 3.55. The number of aromatic nitrogens is 1. The van der Waals surface area contributed by atoms with Crippen LogP contribution in [0.1, 0.15) is 13.8 Å². The molecule has 5 heteroatoms. The summed E-state index contributed by atoms with van der Waals surface area (Å²) in [5.74, 6) is -0.480. The Morgan fingerprint density at radius 2 is 2.25 bits per heavy atom. The summed E-state index contributed by atoms with van der Waals surface area (Å²) < 4.78 is 4.88. The van der Waals surface area contributed by atoms with Crippen LogP contribution in [0.2, 0.25) is 0 Å². The van der Waals surface area contributed by atoms with Gasteiger partial charge in [0, 0.05) is 5.69 Å². The van der Waals surface area contributed by atoms with E-state index in [9.17, 15) is 4.79 Å².